The lowest BCUT2D eigenvalue weighted by Crippen LogP contribution is -1.90. The molecule has 0 aliphatic carbocycles. The van der Waals surface area contributed by atoms with Crippen molar-refractivity contribution in [1.29, 1.82) is 0 Å². The van der Waals surface area contributed by atoms with E-state index in [0.717, 1.165) is 6.29 Å². The standard InChI is InChI=1S/C21H18O3/c1-3-5-7-9-11-15-23-20-14-13-19(18-22)17-21(20)24-16-12-10-8-6-4-2/h4-11,13-18H,1-2H2/b8-6-,9-7+,15-11+. The third-order valence-electron chi connectivity index (χ3n) is 2.51. The summed E-state index contributed by atoms with van der Waals surface area (Å²) in [5.74, 6) is 0.886. The fourth-order valence-corrected chi connectivity index (χ4v) is 1.46. The average molecular weight is 318 g/mol. The van der Waals surface area contributed by atoms with E-state index in [1.165, 1.54) is 12.5 Å². The number of ether oxygens (including phenoxy) is 2. The molecule has 0 heterocycles. The van der Waals surface area contributed by atoms with Crippen LogP contribution in [0, 0.1) is 0 Å². The predicted molar refractivity (Wildman–Crippen MR) is 97.1 cm³/mol. The van der Waals surface area contributed by atoms with E-state index in [4.69, 9.17) is 9.47 Å². The average Bonchev–Trinajstić information content (AvgIpc) is 2.61. The molecule has 0 saturated heterocycles. The number of rotatable bonds is 9. The highest BCUT2D eigenvalue weighted by molar-refractivity contribution is 5.76. The van der Waals surface area contributed by atoms with Gasteiger partial charge >= 0.3 is 0 Å². The molecule has 0 aliphatic heterocycles. The number of carbonyl (C=O) groups excluding carboxylic acids is 1. The van der Waals surface area contributed by atoms with Crippen molar-refractivity contribution in [3.63, 3.8) is 0 Å². The van der Waals surface area contributed by atoms with Gasteiger partial charge in [-0.05, 0) is 36.4 Å². The molecule has 3 nitrogen and oxygen atoms in total. The molecule has 0 saturated carbocycles. The summed E-state index contributed by atoms with van der Waals surface area (Å²) in [7, 11) is 0. The van der Waals surface area contributed by atoms with Crippen molar-refractivity contribution >= 4 is 6.29 Å². The van der Waals surface area contributed by atoms with Crippen molar-refractivity contribution in [2.75, 3.05) is 0 Å². The van der Waals surface area contributed by atoms with Crippen LogP contribution < -0.4 is 9.47 Å². The van der Waals surface area contributed by atoms with E-state index >= 15 is 0 Å². The van der Waals surface area contributed by atoms with Gasteiger partial charge in [-0.1, -0.05) is 49.3 Å². The van der Waals surface area contributed by atoms with Gasteiger partial charge in [0.25, 0.3) is 0 Å². The normalized spacial score (nSPS) is 10.2. The second kappa shape index (κ2) is 12.1. The van der Waals surface area contributed by atoms with E-state index in [2.05, 4.69) is 24.6 Å². The molecule has 1 rings (SSSR count). The van der Waals surface area contributed by atoms with Crippen molar-refractivity contribution < 1.29 is 14.3 Å². The van der Waals surface area contributed by atoms with Gasteiger partial charge in [0.2, 0.25) is 0 Å². The van der Waals surface area contributed by atoms with Gasteiger partial charge in [0.05, 0.1) is 6.26 Å². The Balaban J connectivity index is 2.85. The lowest BCUT2D eigenvalue weighted by atomic mass is 10.2. The lowest BCUT2D eigenvalue weighted by molar-refractivity contribution is 0.112. The maximum absolute atomic E-state index is 10.9. The van der Waals surface area contributed by atoms with Crippen LogP contribution in [0.4, 0.5) is 0 Å². The highest BCUT2D eigenvalue weighted by Crippen LogP contribution is 2.28. The topological polar surface area (TPSA) is 35.5 Å². The molecule has 0 aliphatic rings. The SMILES string of the molecule is C=C=C/C=C/C=C/Oc1ccc(C=O)cc1OC=C=C/C=C\C=C. The summed E-state index contributed by atoms with van der Waals surface area (Å²) in [5.41, 5.74) is 5.94. The van der Waals surface area contributed by atoms with Crippen LogP contribution in [0.15, 0.2) is 104 Å². The quantitative estimate of drug-likeness (QED) is 0.276. The van der Waals surface area contributed by atoms with Gasteiger partial charge < -0.3 is 9.47 Å². The first-order valence-corrected chi connectivity index (χ1v) is 7.10. The molecule has 3 heteroatoms. The van der Waals surface area contributed by atoms with Crippen LogP contribution in [0.2, 0.25) is 0 Å². The zero-order chi connectivity index (χ0) is 17.5. The summed E-state index contributed by atoms with van der Waals surface area (Å²) in [5, 5.41) is 0. The van der Waals surface area contributed by atoms with Crippen molar-refractivity contribution in [2.24, 2.45) is 0 Å². The molecule has 0 aromatic heterocycles. The van der Waals surface area contributed by atoms with E-state index in [1.54, 1.807) is 66.8 Å². The number of benzene rings is 1. The third-order valence-corrected chi connectivity index (χ3v) is 2.51. The lowest BCUT2D eigenvalue weighted by Gasteiger charge is -2.07. The van der Waals surface area contributed by atoms with E-state index in [9.17, 15) is 4.79 Å². The fourth-order valence-electron chi connectivity index (χ4n) is 1.46. The van der Waals surface area contributed by atoms with Gasteiger partial charge in [0, 0.05) is 5.56 Å². The van der Waals surface area contributed by atoms with Gasteiger partial charge in [-0.3, -0.25) is 4.79 Å². The van der Waals surface area contributed by atoms with Gasteiger partial charge in [-0.25, -0.2) is 0 Å². The highest BCUT2D eigenvalue weighted by atomic mass is 16.5. The van der Waals surface area contributed by atoms with Crippen LogP contribution in [0.25, 0.3) is 0 Å². The Bertz CT molecular complexity index is 751. The van der Waals surface area contributed by atoms with Crippen LogP contribution in [0.3, 0.4) is 0 Å². The molecule has 120 valence electrons. The summed E-state index contributed by atoms with van der Waals surface area (Å²) < 4.78 is 11.0. The Labute approximate surface area is 142 Å². The molecule has 0 fully saturated rings. The predicted octanol–water partition coefficient (Wildman–Crippen LogP) is 5.08. The molecule has 0 atom stereocenters. The summed E-state index contributed by atoms with van der Waals surface area (Å²) in [6.45, 7) is 7.02. The minimum atomic E-state index is 0.410. The Morgan fingerprint density at radius 1 is 0.958 bits per heavy atom. The summed E-state index contributed by atoms with van der Waals surface area (Å²) in [4.78, 5) is 10.9. The second-order valence-corrected chi connectivity index (χ2v) is 4.22. The molecule has 0 N–H and O–H groups in total. The van der Waals surface area contributed by atoms with Gasteiger partial charge in [0.1, 0.15) is 12.5 Å². The number of carbonyl (C=O) groups is 1. The first kappa shape index (κ1) is 18.5. The third kappa shape index (κ3) is 7.48. The molecule has 1 aromatic carbocycles. The van der Waals surface area contributed by atoms with Gasteiger partial charge in [-0.15, -0.1) is 5.73 Å². The summed E-state index contributed by atoms with van der Waals surface area (Å²) >= 11 is 0. The van der Waals surface area contributed by atoms with Crippen LogP contribution in [0.1, 0.15) is 10.4 Å². The van der Waals surface area contributed by atoms with Crippen LogP contribution in [-0.2, 0) is 0 Å². The molecular weight excluding hydrogens is 300 g/mol. The van der Waals surface area contributed by atoms with Crippen LogP contribution >= 0.6 is 0 Å². The summed E-state index contributed by atoms with van der Waals surface area (Å²) in [6.07, 6.45) is 17.4. The number of allylic oxidation sites excluding steroid dienone is 8. The first-order chi connectivity index (χ1) is 11.8. The van der Waals surface area contributed by atoms with E-state index in [1.807, 2.05) is 0 Å². The minimum absolute atomic E-state index is 0.410. The van der Waals surface area contributed by atoms with Crippen molar-refractivity contribution in [1.82, 2.24) is 0 Å². The van der Waals surface area contributed by atoms with E-state index in [-0.39, 0.29) is 0 Å². The maximum Gasteiger partial charge on any atom is 0.170 e. The maximum atomic E-state index is 10.9. The molecule has 0 amide bonds. The van der Waals surface area contributed by atoms with Crippen LogP contribution in [0.5, 0.6) is 11.5 Å². The molecule has 1 aromatic rings. The molecule has 0 bridgehead atoms. The van der Waals surface area contributed by atoms with Crippen molar-refractivity contribution in [2.45, 2.75) is 0 Å². The molecular formula is C21H18O3. The van der Waals surface area contributed by atoms with Crippen LogP contribution in [-0.4, -0.2) is 6.29 Å². The van der Waals surface area contributed by atoms with E-state index in [0.29, 0.717) is 17.1 Å². The fraction of sp³-hybridized carbons (Fsp3) is 0. The zero-order valence-corrected chi connectivity index (χ0v) is 13.2. The first-order valence-electron chi connectivity index (χ1n) is 7.10. The molecule has 0 radical (unpaired) electrons. The minimum Gasteiger partial charge on any atom is -0.461 e. The smallest absolute Gasteiger partial charge is 0.170 e. The largest absolute Gasteiger partial charge is 0.461 e. The van der Waals surface area contributed by atoms with Crippen molar-refractivity contribution in [3.8, 4) is 11.5 Å². The summed E-state index contributed by atoms with van der Waals surface area (Å²) in [6, 6.07) is 4.89. The van der Waals surface area contributed by atoms with Gasteiger partial charge in [-0.2, -0.15) is 0 Å². The Morgan fingerprint density at radius 2 is 1.79 bits per heavy atom. The molecule has 24 heavy (non-hydrogen) atoms. The Morgan fingerprint density at radius 3 is 2.54 bits per heavy atom. The zero-order valence-electron chi connectivity index (χ0n) is 13.2. The van der Waals surface area contributed by atoms with Crippen molar-refractivity contribution in [3.05, 3.63) is 110 Å². The number of hydrogen-bond acceptors (Lipinski definition) is 3. The second-order valence-electron chi connectivity index (χ2n) is 4.22. The Kier molecular flexibility index (Phi) is 9.33. The highest BCUT2D eigenvalue weighted by Gasteiger charge is 2.04. The molecule has 0 spiro atoms. The number of hydrogen-bond donors (Lipinski definition) is 0. The monoisotopic (exact) mass is 318 g/mol. The van der Waals surface area contributed by atoms with Gasteiger partial charge in [0.15, 0.2) is 11.5 Å². The van der Waals surface area contributed by atoms with E-state index < -0.39 is 0 Å². The molecule has 0 unspecified atom stereocenters. The number of aldehydes is 1. The Hall–Kier alpha value is -3.51.